The molecule has 3 heterocycles. The molecule has 1 aliphatic heterocycles. The number of aromatic amines is 2. The van der Waals surface area contributed by atoms with E-state index in [9.17, 15) is 18.0 Å². The van der Waals surface area contributed by atoms with Crippen LogP contribution in [0.4, 0.5) is 13.2 Å². The SMILES string of the molecule is CN(Cc1n[nH]c(=O)[nH]1)C[C@@H]1CCc2nc(C(F)(F)F)cn2C1. The van der Waals surface area contributed by atoms with E-state index in [4.69, 9.17) is 0 Å². The van der Waals surface area contributed by atoms with Gasteiger partial charge in [0, 0.05) is 25.7 Å². The first-order valence-electron chi connectivity index (χ1n) is 7.26. The summed E-state index contributed by atoms with van der Waals surface area (Å²) >= 11 is 0. The van der Waals surface area contributed by atoms with Crippen LogP contribution in [0.3, 0.4) is 0 Å². The van der Waals surface area contributed by atoms with Gasteiger partial charge in [-0.15, -0.1) is 0 Å². The van der Waals surface area contributed by atoms with Crippen LogP contribution in [0.5, 0.6) is 0 Å². The molecule has 7 nitrogen and oxygen atoms in total. The van der Waals surface area contributed by atoms with Gasteiger partial charge in [-0.3, -0.25) is 9.88 Å². The number of aromatic nitrogens is 5. The van der Waals surface area contributed by atoms with Gasteiger partial charge in [-0.25, -0.2) is 14.9 Å². The largest absolute Gasteiger partial charge is 0.434 e. The molecule has 3 rings (SSSR count). The lowest BCUT2D eigenvalue weighted by Gasteiger charge is -2.27. The van der Waals surface area contributed by atoms with Gasteiger partial charge >= 0.3 is 11.9 Å². The lowest BCUT2D eigenvalue weighted by molar-refractivity contribution is -0.141. The number of aryl methyl sites for hydroxylation is 1. The monoisotopic (exact) mass is 330 g/mol. The van der Waals surface area contributed by atoms with Gasteiger partial charge in [0.15, 0.2) is 5.69 Å². The quantitative estimate of drug-likeness (QED) is 0.876. The van der Waals surface area contributed by atoms with Crippen LogP contribution in [0.25, 0.3) is 0 Å². The number of H-pyrrole nitrogens is 2. The second-order valence-corrected chi connectivity index (χ2v) is 5.92. The number of alkyl halides is 3. The number of fused-ring (bicyclic) bond motifs is 1. The molecular weight excluding hydrogens is 313 g/mol. The van der Waals surface area contributed by atoms with Crippen molar-refractivity contribution in [1.29, 1.82) is 0 Å². The summed E-state index contributed by atoms with van der Waals surface area (Å²) in [4.78, 5) is 19.2. The van der Waals surface area contributed by atoms with Crippen LogP contribution in [0.2, 0.25) is 0 Å². The van der Waals surface area contributed by atoms with Crippen LogP contribution >= 0.6 is 0 Å². The Bertz CT molecular complexity index is 731. The minimum atomic E-state index is -4.40. The zero-order valence-electron chi connectivity index (χ0n) is 12.5. The minimum absolute atomic E-state index is 0.230. The molecule has 2 aromatic rings. The second-order valence-electron chi connectivity index (χ2n) is 5.92. The molecule has 0 unspecified atom stereocenters. The van der Waals surface area contributed by atoms with Crippen LogP contribution in [-0.4, -0.2) is 43.2 Å². The van der Waals surface area contributed by atoms with Crippen LogP contribution in [0, 0.1) is 5.92 Å². The van der Waals surface area contributed by atoms with Crippen LogP contribution in [-0.2, 0) is 25.7 Å². The van der Waals surface area contributed by atoms with Crippen LogP contribution in [0.1, 0.15) is 23.8 Å². The van der Waals surface area contributed by atoms with Crippen molar-refractivity contribution in [2.24, 2.45) is 5.92 Å². The highest BCUT2D eigenvalue weighted by molar-refractivity contribution is 5.09. The average molecular weight is 330 g/mol. The van der Waals surface area contributed by atoms with E-state index < -0.39 is 11.9 Å². The van der Waals surface area contributed by atoms with Crippen LogP contribution < -0.4 is 5.69 Å². The minimum Gasteiger partial charge on any atom is -0.334 e. The standard InChI is InChI=1S/C13H17F3N6O/c1-21(7-10-18-12(23)20-19-10)4-8-2-3-11-17-9(13(14,15)16)6-22(11)5-8/h6,8H,2-5,7H2,1H3,(H2,18,19,20,23)/t8-/m0/s1. The van der Waals surface area contributed by atoms with Crippen molar-refractivity contribution < 1.29 is 13.2 Å². The summed E-state index contributed by atoms with van der Waals surface area (Å²) in [6.07, 6.45) is -1.99. The van der Waals surface area contributed by atoms with E-state index in [-0.39, 0.29) is 11.6 Å². The summed E-state index contributed by atoms with van der Waals surface area (Å²) in [7, 11) is 1.89. The number of hydrogen-bond acceptors (Lipinski definition) is 4. The molecule has 2 aromatic heterocycles. The van der Waals surface area contributed by atoms with E-state index in [1.54, 1.807) is 4.57 Å². The Morgan fingerprint density at radius 1 is 1.48 bits per heavy atom. The lowest BCUT2D eigenvalue weighted by Crippen LogP contribution is -2.31. The molecule has 0 saturated carbocycles. The normalized spacial score (nSPS) is 18.4. The van der Waals surface area contributed by atoms with E-state index >= 15 is 0 Å². The fourth-order valence-electron chi connectivity index (χ4n) is 2.94. The molecule has 0 saturated heterocycles. The average Bonchev–Trinajstić information content (AvgIpc) is 3.04. The third kappa shape index (κ3) is 3.63. The number of nitrogens with one attached hydrogen (secondary N) is 2. The summed E-state index contributed by atoms with van der Waals surface area (Å²) in [5, 5.41) is 6.14. The highest BCUT2D eigenvalue weighted by Gasteiger charge is 2.35. The summed E-state index contributed by atoms with van der Waals surface area (Å²) in [6.45, 7) is 1.69. The Kier molecular flexibility index (Phi) is 4.00. The molecule has 1 atom stereocenters. The Morgan fingerprint density at radius 3 is 2.91 bits per heavy atom. The number of hydrogen-bond donors (Lipinski definition) is 2. The zero-order valence-corrected chi connectivity index (χ0v) is 12.5. The van der Waals surface area contributed by atoms with E-state index in [1.165, 1.54) is 0 Å². The Labute approximate surface area is 129 Å². The smallest absolute Gasteiger partial charge is 0.334 e. The maximum atomic E-state index is 12.7. The Balaban J connectivity index is 1.60. The van der Waals surface area contributed by atoms with Crippen molar-refractivity contribution in [2.75, 3.05) is 13.6 Å². The number of rotatable bonds is 4. The molecule has 1 aliphatic rings. The topological polar surface area (TPSA) is 82.6 Å². The molecule has 0 spiro atoms. The first-order chi connectivity index (χ1) is 10.8. The third-order valence-electron chi connectivity index (χ3n) is 3.92. The predicted molar refractivity (Wildman–Crippen MR) is 74.6 cm³/mol. The molecular formula is C13H17F3N6O. The van der Waals surface area contributed by atoms with Crippen molar-refractivity contribution in [3.63, 3.8) is 0 Å². The van der Waals surface area contributed by atoms with E-state index in [0.717, 1.165) is 12.6 Å². The van der Waals surface area contributed by atoms with Crippen molar-refractivity contribution >= 4 is 0 Å². The van der Waals surface area contributed by atoms with Gasteiger partial charge in [0.2, 0.25) is 0 Å². The van der Waals surface area contributed by atoms with Crippen molar-refractivity contribution in [3.8, 4) is 0 Å². The number of imidazole rings is 1. The second kappa shape index (κ2) is 5.84. The van der Waals surface area contributed by atoms with Gasteiger partial charge in [0.05, 0.1) is 6.54 Å². The maximum Gasteiger partial charge on any atom is 0.434 e. The molecule has 23 heavy (non-hydrogen) atoms. The Morgan fingerprint density at radius 2 is 2.26 bits per heavy atom. The summed E-state index contributed by atoms with van der Waals surface area (Å²) < 4.78 is 39.7. The maximum absolute atomic E-state index is 12.7. The Hall–Kier alpha value is -2.10. The zero-order chi connectivity index (χ0) is 16.6. The van der Waals surface area contributed by atoms with E-state index in [1.807, 2.05) is 11.9 Å². The summed E-state index contributed by atoms with van der Waals surface area (Å²) in [5.41, 5.74) is -1.18. The van der Waals surface area contributed by atoms with E-state index in [2.05, 4.69) is 20.2 Å². The van der Waals surface area contributed by atoms with E-state index in [0.29, 0.717) is 37.7 Å². The first-order valence-corrected chi connectivity index (χ1v) is 7.26. The molecule has 0 bridgehead atoms. The molecule has 0 fully saturated rings. The van der Waals surface area contributed by atoms with Gasteiger partial charge < -0.3 is 4.57 Å². The molecule has 2 N–H and O–H groups in total. The molecule has 0 aromatic carbocycles. The van der Waals surface area contributed by atoms with Gasteiger partial charge in [0.1, 0.15) is 11.6 Å². The molecule has 0 amide bonds. The number of nitrogens with zero attached hydrogens (tertiary/aromatic N) is 4. The highest BCUT2D eigenvalue weighted by atomic mass is 19.4. The summed E-state index contributed by atoms with van der Waals surface area (Å²) in [5.74, 6) is 1.26. The predicted octanol–water partition coefficient (Wildman–Crippen LogP) is 1.01. The highest BCUT2D eigenvalue weighted by Crippen LogP contribution is 2.30. The van der Waals surface area contributed by atoms with Crippen molar-refractivity contribution in [1.82, 2.24) is 29.6 Å². The van der Waals surface area contributed by atoms with Crippen molar-refractivity contribution in [3.05, 3.63) is 34.0 Å². The fourth-order valence-corrected chi connectivity index (χ4v) is 2.94. The molecule has 10 heteroatoms. The van der Waals surface area contributed by atoms with Gasteiger partial charge in [-0.05, 0) is 19.4 Å². The third-order valence-corrected chi connectivity index (χ3v) is 3.92. The first kappa shape index (κ1) is 15.8. The van der Waals surface area contributed by atoms with Crippen LogP contribution in [0.15, 0.2) is 11.0 Å². The molecule has 126 valence electrons. The van der Waals surface area contributed by atoms with Gasteiger partial charge in [0.25, 0.3) is 0 Å². The molecule has 0 aliphatic carbocycles. The molecule has 0 radical (unpaired) electrons. The van der Waals surface area contributed by atoms with Gasteiger partial charge in [-0.2, -0.15) is 18.3 Å². The fraction of sp³-hybridized carbons (Fsp3) is 0.615. The van der Waals surface area contributed by atoms with Gasteiger partial charge in [-0.1, -0.05) is 0 Å². The lowest BCUT2D eigenvalue weighted by atomic mass is 9.99. The van der Waals surface area contributed by atoms with Crippen molar-refractivity contribution in [2.45, 2.75) is 32.1 Å². The summed E-state index contributed by atoms with van der Waals surface area (Å²) in [6, 6.07) is 0. The number of halogens is 3.